The molecule has 1 N–H and O–H groups in total. The second-order valence-corrected chi connectivity index (χ2v) is 6.98. The van der Waals surface area contributed by atoms with Crippen LogP contribution in [0.3, 0.4) is 0 Å². The highest BCUT2D eigenvalue weighted by atomic mass is 15.3. The topological polar surface area (TPSA) is 68.5 Å². The van der Waals surface area contributed by atoms with Crippen molar-refractivity contribution in [2.45, 2.75) is 26.7 Å². The molecule has 0 fully saturated rings. The Morgan fingerprint density at radius 2 is 1.96 bits per heavy atom. The summed E-state index contributed by atoms with van der Waals surface area (Å²) in [7, 11) is 1.89. The van der Waals surface area contributed by atoms with Crippen LogP contribution in [0.25, 0.3) is 22.3 Å². The van der Waals surface area contributed by atoms with Gasteiger partial charge < -0.3 is 5.32 Å². The minimum Gasteiger partial charge on any atom is -0.339 e. The fraction of sp³-hybridized carbons (Fsp3) is 0.238. The van der Waals surface area contributed by atoms with Crippen LogP contribution in [0, 0.1) is 6.92 Å². The second-order valence-electron chi connectivity index (χ2n) is 6.98. The summed E-state index contributed by atoms with van der Waals surface area (Å²) < 4.78 is 1.77. The number of aromatic nitrogens is 5. The predicted molar refractivity (Wildman–Crippen MR) is 108 cm³/mol. The lowest BCUT2D eigenvalue weighted by Gasteiger charge is -2.12. The maximum Gasteiger partial charge on any atom is 0.164 e. The number of hydrogen-bond acceptors (Lipinski definition) is 5. The van der Waals surface area contributed by atoms with Gasteiger partial charge >= 0.3 is 0 Å². The van der Waals surface area contributed by atoms with E-state index in [0.717, 1.165) is 33.7 Å². The van der Waals surface area contributed by atoms with Crippen molar-refractivity contribution in [2.24, 2.45) is 7.05 Å². The normalized spacial score (nSPS) is 11.3. The van der Waals surface area contributed by atoms with Gasteiger partial charge in [-0.25, -0.2) is 9.97 Å². The van der Waals surface area contributed by atoms with Gasteiger partial charge in [0, 0.05) is 24.8 Å². The summed E-state index contributed by atoms with van der Waals surface area (Å²) in [6.45, 7) is 6.35. The number of benzene rings is 1. The zero-order valence-corrected chi connectivity index (χ0v) is 15.9. The maximum absolute atomic E-state index is 4.65. The molecule has 3 heterocycles. The zero-order valence-electron chi connectivity index (χ0n) is 15.9. The van der Waals surface area contributed by atoms with E-state index in [0.29, 0.717) is 11.7 Å². The van der Waals surface area contributed by atoms with Crippen molar-refractivity contribution in [1.82, 2.24) is 24.7 Å². The Morgan fingerprint density at radius 1 is 1.11 bits per heavy atom. The minimum absolute atomic E-state index is 0.435. The molecule has 0 saturated carbocycles. The molecule has 4 aromatic rings. The van der Waals surface area contributed by atoms with Crippen LogP contribution in [0.1, 0.15) is 31.0 Å². The van der Waals surface area contributed by atoms with Crippen LogP contribution in [0.4, 0.5) is 11.5 Å². The quantitative estimate of drug-likeness (QED) is 0.577. The van der Waals surface area contributed by atoms with E-state index in [9.17, 15) is 0 Å². The molecule has 0 aliphatic heterocycles. The minimum atomic E-state index is 0.435. The Morgan fingerprint density at radius 3 is 2.70 bits per heavy atom. The average molecular weight is 358 g/mol. The number of fused-ring (bicyclic) bond motifs is 1. The molecule has 0 aliphatic rings. The number of nitrogens with one attached hydrogen (secondary N) is 1. The van der Waals surface area contributed by atoms with Gasteiger partial charge in [-0.2, -0.15) is 5.10 Å². The van der Waals surface area contributed by atoms with Gasteiger partial charge in [-0.15, -0.1) is 0 Å². The van der Waals surface area contributed by atoms with Crippen LogP contribution in [-0.4, -0.2) is 24.7 Å². The molecule has 0 unspecified atom stereocenters. The van der Waals surface area contributed by atoms with Gasteiger partial charge in [0.1, 0.15) is 5.82 Å². The summed E-state index contributed by atoms with van der Waals surface area (Å²) >= 11 is 0. The first kappa shape index (κ1) is 17.1. The molecular weight excluding hydrogens is 336 g/mol. The fourth-order valence-corrected chi connectivity index (χ4v) is 3.27. The number of aryl methyl sites for hydroxylation is 2. The number of anilines is 2. The summed E-state index contributed by atoms with van der Waals surface area (Å²) in [5, 5.41) is 8.89. The molecular formula is C21H22N6. The molecule has 1 aromatic carbocycles. The van der Waals surface area contributed by atoms with Crippen LogP contribution in [0.2, 0.25) is 0 Å². The van der Waals surface area contributed by atoms with Gasteiger partial charge in [-0.05, 0) is 36.6 Å². The molecule has 6 heteroatoms. The summed E-state index contributed by atoms with van der Waals surface area (Å²) in [4.78, 5) is 13.6. The highest BCUT2D eigenvalue weighted by Crippen LogP contribution is 2.27. The molecule has 3 aromatic heterocycles. The standard InChI is InChI=1S/C21H22N6/c1-13(2)16-6-5-7-19-17(16)10-15(11-23-19)24-20-8-9-22-21(25-20)18-12-27(4)26-14(18)3/h5-13H,1-4H3,(H,22,24,25). The Balaban J connectivity index is 1.69. The largest absolute Gasteiger partial charge is 0.339 e. The molecule has 0 amide bonds. The second kappa shape index (κ2) is 6.79. The smallest absolute Gasteiger partial charge is 0.164 e. The summed E-state index contributed by atoms with van der Waals surface area (Å²) in [5.74, 6) is 1.82. The summed E-state index contributed by atoms with van der Waals surface area (Å²) in [6, 6.07) is 10.2. The van der Waals surface area contributed by atoms with Gasteiger partial charge in [0.25, 0.3) is 0 Å². The van der Waals surface area contributed by atoms with E-state index >= 15 is 0 Å². The summed E-state index contributed by atoms with van der Waals surface area (Å²) in [6.07, 6.45) is 5.52. The van der Waals surface area contributed by atoms with E-state index < -0.39 is 0 Å². The van der Waals surface area contributed by atoms with Crippen molar-refractivity contribution in [1.29, 1.82) is 0 Å². The van der Waals surface area contributed by atoms with Gasteiger partial charge in [-0.1, -0.05) is 26.0 Å². The third-order valence-corrected chi connectivity index (χ3v) is 4.56. The summed E-state index contributed by atoms with van der Waals surface area (Å²) in [5.41, 5.74) is 5.03. The van der Waals surface area contributed by atoms with E-state index in [1.807, 2.05) is 38.5 Å². The fourth-order valence-electron chi connectivity index (χ4n) is 3.27. The molecule has 0 aliphatic carbocycles. The van der Waals surface area contributed by atoms with Crippen LogP contribution in [0.15, 0.2) is 48.9 Å². The lowest BCUT2D eigenvalue weighted by molar-refractivity contribution is 0.756. The van der Waals surface area contributed by atoms with Crippen molar-refractivity contribution in [3.63, 3.8) is 0 Å². The average Bonchev–Trinajstić information content (AvgIpc) is 2.99. The van der Waals surface area contributed by atoms with E-state index in [2.05, 4.69) is 57.4 Å². The first-order chi connectivity index (χ1) is 13.0. The SMILES string of the molecule is Cc1nn(C)cc1-c1nccc(Nc2cnc3cccc(C(C)C)c3c2)n1. The molecule has 0 bridgehead atoms. The first-order valence-corrected chi connectivity index (χ1v) is 9.00. The van der Waals surface area contributed by atoms with E-state index in [4.69, 9.17) is 0 Å². The Bertz CT molecular complexity index is 1110. The zero-order chi connectivity index (χ0) is 19.0. The van der Waals surface area contributed by atoms with Gasteiger partial charge in [0.2, 0.25) is 0 Å². The van der Waals surface area contributed by atoms with E-state index in [1.165, 1.54) is 5.56 Å². The van der Waals surface area contributed by atoms with Crippen molar-refractivity contribution >= 4 is 22.4 Å². The number of rotatable bonds is 4. The van der Waals surface area contributed by atoms with Crippen molar-refractivity contribution < 1.29 is 0 Å². The lowest BCUT2D eigenvalue weighted by Crippen LogP contribution is -1.98. The molecule has 0 saturated heterocycles. The Hall–Kier alpha value is -3.28. The molecule has 136 valence electrons. The third kappa shape index (κ3) is 3.38. The highest BCUT2D eigenvalue weighted by Gasteiger charge is 2.11. The van der Waals surface area contributed by atoms with Crippen LogP contribution < -0.4 is 5.32 Å². The van der Waals surface area contributed by atoms with Crippen molar-refractivity contribution in [3.05, 3.63) is 60.2 Å². The molecule has 0 atom stereocenters. The lowest BCUT2D eigenvalue weighted by atomic mass is 9.98. The van der Waals surface area contributed by atoms with Gasteiger partial charge in [0.15, 0.2) is 5.82 Å². The third-order valence-electron chi connectivity index (χ3n) is 4.56. The molecule has 6 nitrogen and oxygen atoms in total. The Kier molecular flexibility index (Phi) is 4.32. The van der Waals surface area contributed by atoms with Gasteiger partial charge in [-0.3, -0.25) is 9.67 Å². The molecule has 4 rings (SSSR count). The Labute approximate surface area is 158 Å². The van der Waals surface area contributed by atoms with Crippen LogP contribution >= 0.6 is 0 Å². The molecule has 27 heavy (non-hydrogen) atoms. The molecule has 0 radical (unpaired) electrons. The van der Waals surface area contributed by atoms with Gasteiger partial charge in [0.05, 0.1) is 28.7 Å². The number of pyridine rings is 1. The van der Waals surface area contributed by atoms with Crippen molar-refractivity contribution in [3.8, 4) is 11.4 Å². The highest BCUT2D eigenvalue weighted by molar-refractivity contribution is 5.86. The maximum atomic E-state index is 4.65. The number of hydrogen-bond donors (Lipinski definition) is 1. The molecule has 0 spiro atoms. The first-order valence-electron chi connectivity index (χ1n) is 9.00. The van der Waals surface area contributed by atoms with Crippen LogP contribution in [0.5, 0.6) is 0 Å². The monoisotopic (exact) mass is 358 g/mol. The van der Waals surface area contributed by atoms with E-state index in [1.54, 1.807) is 10.9 Å². The van der Waals surface area contributed by atoms with E-state index in [-0.39, 0.29) is 0 Å². The number of nitrogens with zero attached hydrogens (tertiary/aromatic N) is 5. The van der Waals surface area contributed by atoms with Crippen LogP contribution in [-0.2, 0) is 7.05 Å². The predicted octanol–water partition coefficient (Wildman–Crippen LogP) is 4.60. The van der Waals surface area contributed by atoms with Crippen molar-refractivity contribution in [2.75, 3.05) is 5.32 Å².